The summed E-state index contributed by atoms with van der Waals surface area (Å²) < 4.78 is 0. The van der Waals surface area contributed by atoms with Gasteiger partial charge in [-0.1, -0.05) is 19.3 Å². The van der Waals surface area contributed by atoms with Crippen LogP contribution in [-0.4, -0.2) is 48.7 Å². The molecule has 7 heteroatoms. The molecule has 114 valence electrons. The van der Waals surface area contributed by atoms with E-state index in [0.29, 0.717) is 11.8 Å². The van der Waals surface area contributed by atoms with Crippen molar-refractivity contribution in [2.45, 2.75) is 51.1 Å². The molecule has 0 spiro atoms. The Morgan fingerprint density at radius 1 is 1.25 bits per heavy atom. The molecule has 0 saturated heterocycles. The predicted molar refractivity (Wildman–Crippen MR) is 78.3 cm³/mol. The van der Waals surface area contributed by atoms with E-state index in [1.165, 1.54) is 24.2 Å². The first-order valence-corrected chi connectivity index (χ1v) is 6.98. The Morgan fingerprint density at radius 2 is 1.85 bits per heavy atom. The molecule has 1 aliphatic carbocycles. The average Bonchev–Trinajstić information content (AvgIpc) is 2.42. The predicted octanol–water partition coefficient (Wildman–Crippen LogP) is 0.410. The molecule has 20 heavy (non-hydrogen) atoms. The largest absolute Gasteiger partial charge is 0.350 e. The average molecular weight is 283 g/mol. The van der Waals surface area contributed by atoms with E-state index < -0.39 is 12.1 Å². The van der Waals surface area contributed by atoms with Crippen LogP contribution in [0.4, 0.5) is 4.79 Å². The highest BCUT2D eigenvalue weighted by Gasteiger charge is 2.27. The van der Waals surface area contributed by atoms with Crippen LogP contribution in [0.5, 0.6) is 0 Å². The second-order valence-corrected chi connectivity index (χ2v) is 5.40. The number of likely N-dealkylation sites (N-methyl/N-ethyl adjacent to an activating group) is 1. The van der Waals surface area contributed by atoms with E-state index in [-0.39, 0.29) is 5.91 Å². The molecule has 0 bridgehead atoms. The van der Waals surface area contributed by atoms with Crippen molar-refractivity contribution in [2.24, 2.45) is 10.8 Å². The lowest BCUT2D eigenvalue weighted by molar-refractivity contribution is -0.129. The number of rotatable bonds is 5. The van der Waals surface area contributed by atoms with E-state index in [1.807, 2.05) is 0 Å². The van der Waals surface area contributed by atoms with Gasteiger partial charge in [0.05, 0.1) is 5.71 Å². The van der Waals surface area contributed by atoms with Gasteiger partial charge in [-0.25, -0.2) is 10.2 Å². The van der Waals surface area contributed by atoms with Crippen LogP contribution < -0.4 is 16.5 Å². The minimum absolute atomic E-state index is 0.0805. The monoisotopic (exact) mass is 283 g/mol. The maximum absolute atomic E-state index is 12.2. The molecule has 4 N–H and O–H groups in total. The Hall–Kier alpha value is -1.63. The van der Waals surface area contributed by atoms with Crippen molar-refractivity contribution in [1.29, 1.82) is 0 Å². The molecule has 0 radical (unpaired) electrons. The number of carbonyl (C=O) groups excluding carboxylic acids is 2. The highest BCUT2D eigenvalue weighted by atomic mass is 16.2. The van der Waals surface area contributed by atoms with Gasteiger partial charge in [0.15, 0.2) is 0 Å². The van der Waals surface area contributed by atoms with Gasteiger partial charge < -0.3 is 10.6 Å². The summed E-state index contributed by atoms with van der Waals surface area (Å²) in [5.74, 6) is -0.0805. The van der Waals surface area contributed by atoms with Gasteiger partial charge in [-0.3, -0.25) is 10.1 Å². The normalized spacial score (nSPS) is 18.4. The van der Waals surface area contributed by atoms with Crippen molar-refractivity contribution in [3.63, 3.8) is 0 Å². The van der Waals surface area contributed by atoms with Crippen LogP contribution in [0.25, 0.3) is 0 Å². The molecular formula is C13H25N5O2. The fourth-order valence-electron chi connectivity index (χ4n) is 2.34. The first-order chi connectivity index (χ1) is 9.41. The number of primary amides is 1. The van der Waals surface area contributed by atoms with Gasteiger partial charge in [0.25, 0.3) is 0 Å². The van der Waals surface area contributed by atoms with Gasteiger partial charge in [0, 0.05) is 20.1 Å². The third-order valence-electron chi connectivity index (χ3n) is 3.46. The van der Waals surface area contributed by atoms with Crippen molar-refractivity contribution in [3.05, 3.63) is 0 Å². The molecule has 7 nitrogen and oxygen atoms in total. The molecule has 1 fully saturated rings. The lowest BCUT2D eigenvalue weighted by atomic mass is 9.94. The second-order valence-electron chi connectivity index (χ2n) is 5.40. The number of hydrogen-bond donors (Lipinski definition) is 3. The SMILES string of the molecule is C/C(=N\NC(N)=O)C(NC1CCCCC1)C(=O)N(C)C. The Bertz CT molecular complexity index is 375. The minimum atomic E-state index is -0.738. The summed E-state index contributed by atoms with van der Waals surface area (Å²) in [6.07, 6.45) is 5.73. The third kappa shape index (κ3) is 5.16. The number of nitrogens with one attached hydrogen (secondary N) is 2. The molecule has 1 atom stereocenters. The zero-order valence-corrected chi connectivity index (χ0v) is 12.5. The van der Waals surface area contributed by atoms with Crippen LogP contribution in [-0.2, 0) is 4.79 Å². The highest BCUT2D eigenvalue weighted by molar-refractivity contribution is 6.07. The summed E-state index contributed by atoms with van der Waals surface area (Å²) in [7, 11) is 3.40. The molecule has 1 unspecified atom stereocenters. The Kier molecular flexibility index (Phi) is 6.44. The van der Waals surface area contributed by atoms with Crippen molar-refractivity contribution in [1.82, 2.24) is 15.6 Å². The molecular weight excluding hydrogens is 258 g/mol. The molecule has 0 aromatic heterocycles. The minimum Gasteiger partial charge on any atom is -0.350 e. The van der Waals surface area contributed by atoms with Crippen LogP contribution in [0.1, 0.15) is 39.0 Å². The summed E-state index contributed by atoms with van der Waals surface area (Å²) in [6, 6.07) is -0.950. The molecule has 1 saturated carbocycles. The molecule has 0 aliphatic heterocycles. The lowest BCUT2D eigenvalue weighted by Gasteiger charge is -2.29. The summed E-state index contributed by atoms with van der Waals surface area (Å²) in [4.78, 5) is 24.5. The van der Waals surface area contributed by atoms with Crippen LogP contribution in [0.15, 0.2) is 5.10 Å². The second kappa shape index (κ2) is 7.84. The number of nitrogens with two attached hydrogens (primary N) is 1. The number of nitrogens with zero attached hydrogens (tertiary/aromatic N) is 2. The van der Waals surface area contributed by atoms with E-state index in [4.69, 9.17) is 5.73 Å². The summed E-state index contributed by atoms with van der Waals surface area (Å²) in [6.45, 7) is 1.71. The third-order valence-corrected chi connectivity index (χ3v) is 3.46. The standard InChI is InChI=1S/C13H25N5O2/c1-9(16-17-13(14)20)11(12(19)18(2)3)15-10-7-5-4-6-8-10/h10-11,15H,4-8H2,1-3H3,(H3,14,17,20)/b16-9+. The van der Waals surface area contributed by atoms with Gasteiger partial charge in [0.1, 0.15) is 6.04 Å². The zero-order chi connectivity index (χ0) is 15.1. The van der Waals surface area contributed by atoms with Crippen LogP contribution in [0.3, 0.4) is 0 Å². The smallest absolute Gasteiger partial charge is 0.332 e. The Labute approximate surface area is 120 Å². The van der Waals surface area contributed by atoms with Crippen molar-refractivity contribution < 1.29 is 9.59 Å². The topological polar surface area (TPSA) is 99.8 Å². The summed E-state index contributed by atoms with van der Waals surface area (Å²) in [5.41, 5.74) is 7.67. The van der Waals surface area contributed by atoms with Gasteiger partial charge in [0.2, 0.25) is 5.91 Å². The van der Waals surface area contributed by atoms with Gasteiger partial charge in [-0.2, -0.15) is 5.10 Å². The number of amides is 3. The van der Waals surface area contributed by atoms with E-state index in [1.54, 1.807) is 21.0 Å². The maximum Gasteiger partial charge on any atom is 0.332 e. The van der Waals surface area contributed by atoms with Crippen LogP contribution in [0.2, 0.25) is 0 Å². The quantitative estimate of drug-likeness (QED) is 0.503. The molecule has 0 aromatic rings. The lowest BCUT2D eigenvalue weighted by Crippen LogP contribution is -2.52. The summed E-state index contributed by atoms with van der Waals surface area (Å²) >= 11 is 0. The van der Waals surface area contributed by atoms with Crippen molar-refractivity contribution >= 4 is 17.6 Å². The van der Waals surface area contributed by atoms with E-state index in [2.05, 4.69) is 15.8 Å². The van der Waals surface area contributed by atoms with E-state index in [9.17, 15) is 9.59 Å². The number of hydrazone groups is 1. The van der Waals surface area contributed by atoms with Crippen molar-refractivity contribution in [2.75, 3.05) is 14.1 Å². The Balaban J connectivity index is 2.75. The fraction of sp³-hybridized carbons (Fsp3) is 0.769. The first-order valence-electron chi connectivity index (χ1n) is 6.98. The fourth-order valence-corrected chi connectivity index (χ4v) is 2.34. The molecule has 1 aliphatic rings. The highest BCUT2D eigenvalue weighted by Crippen LogP contribution is 2.18. The first kappa shape index (κ1) is 16.4. The van der Waals surface area contributed by atoms with E-state index in [0.717, 1.165) is 12.8 Å². The maximum atomic E-state index is 12.2. The van der Waals surface area contributed by atoms with Gasteiger partial charge in [-0.05, 0) is 19.8 Å². The summed E-state index contributed by atoms with van der Waals surface area (Å²) in [5, 5.41) is 7.22. The van der Waals surface area contributed by atoms with Crippen LogP contribution >= 0.6 is 0 Å². The van der Waals surface area contributed by atoms with E-state index >= 15 is 0 Å². The number of carbonyl (C=O) groups is 2. The van der Waals surface area contributed by atoms with Crippen LogP contribution in [0, 0.1) is 0 Å². The van der Waals surface area contributed by atoms with Gasteiger partial charge in [-0.15, -0.1) is 0 Å². The molecule has 1 rings (SSSR count). The Morgan fingerprint density at radius 3 is 2.35 bits per heavy atom. The molecule has 0 heterocycles. The van der Waals surface area contributed by atoms with Crippen molar-refractivity contribution in [3.8, 4) is 0 Å². The molecule has 3 amide bonds. The number of hydrogen-bond acceptors (Lipinski definition) is 4. The molecule has 0 aromatic carbocycles. The zero-order valence-electron chi connectivity index (χ0n) is 12.5. The van der Waals surface area contributed by atoms with Gasteiger partial charge >= 0.3 is 6.03 Å². The number of urea groups is 1.